The van der Waals surface area contributed by atoms with E-state index in [1.807, 2.05) is 43.3 Å². The largest absolute Gasteiger partial charge is 0.294 e. The second-order valence-corrected chi connectivity index (χ2v) is 8.40. The van der Waals surface area contributed by atoms with E-state index in [4.69, 9.17) is 0 Å². The van der Waals surface area contributed by atoms with E-state index >= 15 is 0 Å². The summed E-state index contributed by atoms with van der Waals surface area (Å²) in [5.74, 6) is -0.135. The number of Topliss-reactive ketones (excluding diaryl/α,β-unsaturated/α-hetero) is 1. The van der Waals surface area contributed by atoms with Crippen molar-refractivity contribution >= 4 is 22.0 Å². The number of carbonyl (C=O) groups is 1. The van der Waals surface area contributed by atoms with Gasteiger partial charge in [0.1, 0.15) is 0 Å². The Kier molecular flexibility index (Phi) is 6.57. The number of carbonyl (C=O) groups excluding carboxylic acids is 1. The highest BCUT2D eigenvalue weighted by molar-refractivity contribution is 7.89. The summed E-state index contributed by atoms with van der Waals surface area (Å²) in [5.41, 5.74) is 2.28. The average molecular weight is 407 g/mol. The number of hydrogen-bond donors (Lipinski definition) is 0. The zero-order valence-electron chi connectivity index (χ0n) is 16.1. The van der Waals surface area contributed by atoms with E-state index in [9.17, 15) is 13.2 Å². The first-order valence-electron chi connectivity index (χ1n) is 9.23. The van der Waals surface area contributed by atoms with E-state index in [0.717, 1.165) is 15.5 Å². The van der Waals surface area contributed by atoms with Crippen LogP contribution in [-0.2, 0) is 10.0 Å². The van der Waals surface area contributed by atoms with E-state index in [-0.39, 0.29) is 23.6 Å². The first kappa shape index (κ1) is 20.5. The maximum Gasteiger partial charge on any atom is 0.279 e. The molecule has 0 aliphatic carbocycles. The average Bonchev–Trinajstić information content (AvgIpc) is 2.75. The zero-order valence-corrected chi connectivity index (χ0v) is 16.9. The van der Waals surface area contributed by atoms with Gasteiger partial charge in [0.15, 0.2) is 5.78 Å². The Labute approximate surface area is 171 Å². The summed E-state index contributed by atoms with van der Waals surface area (Å²) < 4.78 is 27.2. The number of hydrazone groups is 1. The van der Waals surface area contributed by atoms with Crippen LogP contribution in [0.5, 0.6) is 0 Å². The van der Waals surface area contributed by atoms with Crippen LogP contribution >= 0.6 is 0 Å². The van der Waals surface area contributed by atoms with Gasteiger partial charge in [-0.3, -0.25) is 4.79 Å². The van der Waals surface area contributed by atoms with Crippen LogP contribution < -0.4 is 0 Å². The van der Waals surface area contributed by atoms with Crippen molar-refractivity contribution in [2.45, 2.75) is 18.2 Å². The van der Waals surface area contributed by atoms with Gasteiger partial charge < -0.3 is 0 Å². The molecular weight excluding hydrogens is 384 g/mol. The van der Waals surface area contributed by atoms with Crippen molar-refractivity contribution < 1.29 is 13.2 Å². The molecule has 6 heteroatoms. The molecule has 0 heterocycles. The standard InChI is InChI=1S/C23H22N2O3S/c1-19-12-14-22(15-13-19)29(27,28)25(24-18-20-8-4-2-5-9-20)17-16-23(26)21-10-6-3-7-11-21/h2-15,18H,16-17H2,1H3/b24-18+. The molecule has 0 aromatic heterocycles. The van der Waals surface area contributed by atoms with Crippen molar-refractivity contribution in [3.05, 3.63) is 102 Å². The smallest absolute Gasteiger partial charge is 0.279 e. The van der Waals surface area contributed by atoms with Gasteiger partial charge in [0.05, 0.1) is 17.7 Å². The number of sulfonamides is 1. The van der Waals surface area contributed by atoms with E-state index in [1.54, 1.807) is 48.5 Å². The molecule has 0 saturated carbocycles. The van der Waals surface area contributed by atoms with Gasteiger partial charge in [0, 0.05) is 12.0 Å². The zero-order chi connectivity index (χ0) is 20.7. The summed E-state index contributed by atoms with van der Waals surface area (Å²) in [6, 6.07) is 24.6. The third-order valence-corrected chi connectivity index (χ3v) is 6.06. The molecule has 0 atom stereocenters. The lowest BCUT2D eigenvalue weighted by Crippen LogP contribution is -2.29. The predicted octanol–water partition coefficient (Wildman–Crippen LogP) is 4.29. The summed E-state index contributed by atoms with van der Waals surface area (Å²) in [6.45, 7) is 1.84. The fourth-order valence-electron chi connectivity index (χ4n) is 2.71. The monoisotopic (exact) mass is 406 g/mol. The maximum absolute atomic E-state index is 13.1. The Balaban J connectivity index is 1.85. The summed E-state index contributed by atoms with van der Waals surface area (Å²) >= 11 is 0. The fourth-order valence-corrected chi connectivity index (χ4v) is 3.93. The summed E-state index contributed by atoms with van der Waals surface area (Å²) in [4.78, 5) is 12.6. The highest BCUT2D eigenvalue weighted by Gasteiger charge is 2.23. The van der Waals surface area contributed by atoms with Crippen molar-refractivity contribution in [3.8, 4) is 0 Å². The van der Waals surface area contributed by atoms with Gasteiger partial charge in [-0.05, 0) is 24.6 Å². The molecule has 0 radical (unpaired) electrons. The molecule has 3 aromatic rings. The molecule has 29 heavy (non-hydrogen) atoms. The number of rotatable bonds is 8. The van der Waals surface area contributed by atoms with Crippen molar-refractivity contribution in [2.24, 2.45) is 5.10 Å². The van der Waals surface area contributed by atoms with Gasteiger partial charge in [-0.1, -0.05) is 78.4 Å². The maximum atomic E-state index is 13.1. The predicted molar refractivity (Wildman–Crippen MR) is 114 cm³/mol. The van der Waals surface area contributed by atoms with Crippen LogP contribution in [0.15, 0.2) is 94.9 Å². The summed E-state index contributed by atoms with van der Waals surface area (Å²) in [7, 11) is -3.88. The third kappa shape index (κ3) is 5.39. The second-order valence-electron chi connectivity index (χ2n) is 6.56. The second kappa shape index (κ2) is 9.30. The number of nitrogens with zero attached hydrogens (tertiary/aromatic N) is 2. The van der Waals surface area contributed by atoms with Gasteiger partial charge in [0.2, 0.25) is 0 Å². The van der Waals surface area contributed by atoms with E-state index in [1.165, 1.54) is 6.21 Å². The normalized spacial score (nSPS) is 11.5. The van der Waals surface area contributed by atoms with Gasteiger partial charge >= 0.3 is 0 Å². The molecule has 3 aromatic carbocycles. The van der Waals surface area contributed by atoms with Crippen LogP contribution in [0, 0.1) is 6.92 Å². The Morgan fingerprint density at radius 3 is 2.10 bits per heavy atom. The van der Waals surface area contributed by atoms with Crippen LogP contribution in [-0.4, -0.2) is 31.4 Å². The molecule has 0 unspecified atom stereocenters. The number of hydrogen-bond acceptors (Lipinski definition) is 4. The van der Waals surface area contributed by atoms with Crippen LogP contribution in [0.1, 0.15) is 27.9 Å². The van der Waals surface area contributed by atoms with Crippen molar-refractivity contribution in [1.82, 2.24) is 4.41 Å². The van der Waals surface area contributed by atoms with Gasteiger partial charge in [-0.2, -0.15) is 17.9 Å². The summed E-state index contributed by atoms with van der Waals surface area (Å²) in [5, 5.41) is 4.20. The highest BCUT2D eigenvalue weighted by Crippen LogP contribution is 2.18. The molecule has 0 amide bonds. The van der Waals surface area contributed by atoms with Gasteiger partial charge in [0.25, 0.3) is 10.0 Å². The summed E-state index contributed by atoms with van der Waals surface area (Å²) in [6.07, 6.45) is 1.51. The fraction of sp³-hybridized carbons (Fsp3) is 0.130. The topological polar surface area (TPSA) is 66.8 Å². The first-order chi connectivity index (χ1) is 14.0. The molecule has 3 rings (SSSR count). The number of ketones is 1. The SMILES string of the molecule is Cc1ccc(S(=O)(=O)N(CCC(=O)c2ccccc2)/N=C/c2ccccc2)cc1. The molecule has 0 bridgehead atoms. The third-order valence-electron chi connectivity index (χ3n) is 4.36. The Morgan fingerprint density at radius 2 is 1.48 bits per heavy atom. The van der Waals surface area contributed by atoms with E-state index in [2.05, 4.69) is 5.10 Å². The quantitative estimate of drug-likeness (QED) is 0.318. The highest BCUT2D eigenvalue weighted by atomic mass is 32.2. The van der Waals surface area contributed by atoms with Crippen molar-refractivity contribution in [2.75, 3.05) is 6.54 Å². The molecule has 0 saturated heterocycles. The molecule has 0 spiro atoms. The lowest BCUT2D eigenvalue weighted by atomic mass is 10.1. The van der Waals surface area contributed by atoms with Crippen LogP contribution in [0.3, 0.4) is 0 Å². The molecule has 0 fully saturated rings. The lowest BCUT2D eigenvalue weighted by Gasteiger charge is -2.19. The molecule has 0 N–H and O–H groups in total. The Morgan fingerprint density at radius 1 is 0.897 bits per heavy atom. The molecule has 0 aliphatic rings. The van der Waals surface area contributed by atoms with Gasteiger partial charge in [-0.15, -0.1) is 0 Å². The van der Waals surface area contributed by atoms with Crippen LogP contribution in [0.4, 0.5) is 0 Å². The van der Waals surface area contributed by atoms with Gasteiger partial charge in [-0.25, -0.2) is 0 Å². The van der Waals surface area contributed by atoms with Crippen molar-refractivity contribution in [3.63, 3.8) is 0 Å². The first-order valence-corrected chi connectivity index (χ1v) is 10.7. The van der Waals surface area contributed by atoms with Crippen molar-refractivity contribution in [1.29, 1.82) is 0 Å². The molecule has 5 nitrogen and oxygen atoms in total. The minimum absolute atomic E-state index is 0.0290. The number of benzene rings is 3. The Bertz CT molecular complexity index is 1080. The van der Waals surface area contributed by atoms with Crippen LogP contribution in [0.2, 0.25) is 0 Å². The minimum Gasteiger partial charge on any atom is -0.294 e. The minimum atomic E-state index is -3.88. The molecule has 0 aliphatic heterocycles. The van der Waals surface area contributed by atoms with E-state index in [0.29, 0.717) is 5.56 Å². The van der Waals surface area contributed by atoms with Crippen LogP contribution in [0.25, 0.3) is 0 Å². The van der Waals surface area contributed by atoms with E-state index < -0.39 is 10.0 Å². The molecule has 148 valence electrons. The Hall–Kier alpha value is -3.25. The molecular formula is C23H22N2O3S. The lowest BCUT2D eigenvalue weighted by molar-refractivity contribution is 0.0976. The number of aryl methyl sites for hydroxylation is 1.